The molecule has 1 unspecified atom stereocenters. The highest BCUT2D eigenvalue weighted by atomic mass is 32.1. The van der Waals surface area contributed by atoms with Gasteiger partial charge in [-0.1, -0.05) is 26.2 Å². The average Bonchev–Trinajstić information content (AvgIpc) is 2.35. The van der Waals surface area contributed by atoms with E-state index in [0.29, 0.717) is 0 Å². The van der Waals surface area contributed by atoms with Gasteiger partial charge in [0.2, 0.25) is 0 Å². The van der Waals surface area contributed by atoms with Gasteiger partial charge in [0.1, 0.15) is 6.10 Å². The van der Waals surface area contributed by atoms with Crippen molar-refractivity contribution in [3.05, 3.63) is 4.91 Å². The molecule has 0 aliphatic heterocycles. The molecule has 0 aliphatic rings. The lowest BCUT2D eigenvalue weighted by Gasteiger charge is -2.05. The van der Waals surface area contributed by atoms with E-state index in [2.05, 4.69) is 34.3 Å². The molecule has 0 radical (unpaired) electrons. The maximum Gasteiger partial charge on any atom is 0.300 e. The van der Waals surface area contributed by atoms with E-state index >= 15 is 0 Å². The molecule has 0 aromatic rings. The maximum atomic E-state index is 9.63. The van der Waals surface area contributed by atoms with E-state index in [1.54, 1.807) is 0 Å². The summed E-state index contributed by atoms with van der Waals surface area (Å²) in [5.41, 5.74) is 9.49. The van der Waals surface area contributed by atoms with Gasteiger partial charge < -0.3 is 21.4 Å². The van der Waals surface area contributed by atoms with E-state index in [9.17, 15) is 4.91 Å². The van der Waals surface area contributed by atoms with Crippen LogP contribution in [0.25, 0.3) is 0 Å². The molecule has 8 nitrogen and oxygen atoms in total. The van der Waals surface area contributed by atoms with Crippen LogP contribution in [0.1, 0.15) is 52.9 Å². The normalized spacial score (nSPS) is 9.80. The van der Waals surface area contributed by atoms with Crippen molar-refractivity contribution in [1.82, 2.24) is 0 Å². The van der Waals surface area contributed by atoms with E-state index < -0.39 is 5.97 Å². The molecule has 5 N–H and O–H groups in total. The molecule has 0 saturated carbocycles. The number of unbranched alkanes of at least 4 members (excludes halogenated alkanes) is 3. The number of carbonyl (C=O) groups is 1. The van der Waals surface area contributed by atoms with Crippen molar-refractivity contribution < 1.29 is 14.7 Å². The largest absolute Gasteiger partial charge is 0.481 e. The Labute approximate surface area is 125 Å². The summed E-state index contributed by atoms with van der Waals surface area (Å²) in [6.45, 7) is 5.13. The third kappa shape index (κ3) is 43.9. The van der Waals surface area contributed by atoms with Gasteiger partial charge >= 0.3 is 0 Å². The summed E-state index contributed by atoms with van der Waals surface area (Å²) in [6.07, 6.45) is 5.78. The molecule has 0 aliphatic carbocycles. The molecule has 0 aromatic heterocycles. The molecule has 0 fully saturated rings. The second-order valence-corrected chi connectivity index (χ2v) is 4.08. The van der Waals surface area contributed by atoms with Gasteiger partial charge in [-0.2, -0.15) is 4.40 Å². The molecule has 120 valence electrons. The van der Waals surface area contributed by atoms with Crippen LogP contribution in [-0.4, -0.2) is 23.1 Å². The second-order valence-electron chi connectivity index (χ2n) is 3.88. The van der Waals surface area contributed by atoms with Gasteiger partial charge in [-0.3, -0.25) is 4.79 Å². The van der Waals surface area contributed by atoms with Crippen molar-refractivity contribution in [3.8, 4) is 0 Å². The first kappa shape index (κ1) is 23.6. The highest BCUT2D eigenvalue weighted by Gasteiger charge is 2.00. The number of aliphatic carboxylic acids is 1. The zero-order valence-electron chi connectivity index (χ0n) is 12.3. The molecule has 9 heteroatoms. The molecule has 1 atom stereocenters. The van der Waals surface area contributed by atoms with Crippen molar-refractivity contribution in [2.75, 3.05) is 0 Å². The molecular formula is C11H26N4O4S. The first-order chi connectivity index (χ1) is 9.31. The van der Waals surface area contributed by atoms with E-state index in [1.807, 2.05) is 6.92 Å². The summed E-state index contributed by atoms with van der Waals surface area (Å²) < 4.78 is 3.06. The molecule has 0 rings (SSSR count). The summed E-state index contributed by atoms with van der Waals surface area (Å²) in [5, 5.41) is 9.80. The van der Waals surface area contributed by atoms with Gasteiger partial charge in [0.05, 0.1) is 0 Å². The number of nitrogens with two attached hydrogens (primary N) is 2. The van der Waals surface area contributed by atoms with Crippen molar-refractivity contribution in [2.45, 2.75) is 59.0 Å². The van der Waals surface area contributed by atoms with Crippen molar-refractivity contribution >= 4 is 24.7 Å². The Morgan fingerprint density at radius 2 is 1.80 bits per heavy atom. The number of carboxylic acids is 1. The number of nitrogens with zero attached hydrogens (tertiary/aromatic N) is 2. The zero-order valence-corrected chi connectivity index (χ0v) is 13.2. The lowest BCUT2D eigenvalue weighted by Crippen LogP contribution is -2.21. The number of rotatable bonds is 7. The lowest BCUT2D eigenvalue weighted by molar-refractivity contribution is -0.134. The van der Waals surface area contributed by atoms with Gasteiger partial charge in [0, 0.05) is 6.92 Å². The van der Waals surface area contributed by atoms with E-state index in [4.69, 9.17) is 21.4 Å². The topological polar surface area (TPSA) is 140 Å². The molecule has 20 heavy (non-hydrogen) atoms. The predicted octanol–water partition coefficient (Wildman–Crippen LogP) is 2.24. The fourth-order valence-corrected chi connectivity index (χ4v) is 0.985. The predicted molar refractivity (Wildman–Crippen MR) is 83.2 cm³/mol. The maximum absolute atomic E-state index is 9.63. The van der Waals surface area contributed by atoms with E-state index in [0.717, 1.165) is 19.8 Å². The first-order valence-electron chi connectivity index (χ1n) is 6.22. The Morgan fingerprint density at radius 3 is 2.10 bits per heavy atom. The Morgan fingerprint density at radius 1 is 1.35 bits per heavy atom. The highest BCUT2D eigenvalue weighted by molar-refractivity contribution is 7.79. The van der Waals surface area contributed by atoms with Gasteiger partial charge in [-0.25, -0.2) is 0 Å². The first-order valence-corrected chi connectivity index (χ1v) is 6.62. The molecule has 0 bridgehead atoms. The number of carboxylic acid groups (broad SMARTS) is 1. The van der Waals surface area contributed by atoms with Crippen LogP contribution in [0.4, 0.5) is 0 Å². The van der Waals surface area contributed by atoms with Crippen LogP contribution in [0.5, 0.6) is 0 Å². The van der Waals surface area contributed by atoms with Gasteiger partial charge in [-0.05, 0) is 32.6 Å². The minimum atomic E-state index is -0.833. The molecule has 0 saturated heterocycles. The third-order valence-electron chi connectivity index (χ3n) is 1.80. The quantitative estimate of drug-likeness (QED) is 0.142. The molecule has 0 aromatic carbocycles. The fourth-order valence-electron chi connectivity index (χ4n) is 0.985. The monoisotopic (exact) mass is 310 g/mol. The SMILES string of the molecule is CC(=O)O.CCCCCCC(C)ON=O.NC(N)=NS. The molecule has 0 spiro atoms. The summed E-state index contributed by atoms with van der Waals surface area (Å²) in [6, 6.07) is 0. The lowest BCUT2D eigenvalue weighted by atomic mass is 10.1. The number of hydrogen-bond donors (Lipinski definition) is 4. The van der Waals surface area contributed by atoms with Gasteiger partial charge in [0.15, 0.2) is 11.3 Å². The Bertz CT molecular complexity index is 257. The highest BCUT2D eigenvalue weighted by Crippen LogP contribution is 2.07. The van der Waals surface area contributed by atoms with Crippen LogP contribution >= 0.6 is 12.8 Å². The second kappa shape index (κ2) is 19.8. The molecule has 0 heterocycles. The van der Waals surface area contributed by atoms with Crippen LogP contribution in [0.2, 0.25) is 0 Å². The minimum Gasteiger partial charge on any atom is -0.481 e. The fraction of sp³-hybridized carbons (Fsp3) is 0.818. The molecule has 0 amide bonds. The zero-order chi connectivity index (χ0) is 16.4. The molecular weight excluding hydrogens is 284 g/mol. The Hall–Kier alpha value is -1.51. The number of hydrogen-bond acceptors (Lipinski definition) is 6. The van der Waals surface area contributed by atoms with Crippen molar-refractivity contribution in [2.24, 2.45) is 21.2 Å². The van der Waals surface area contributed by atoms with Crippen molar-refractivity contribution in [1.29, 1.82) is 0 Å². The van der Waals surface area contributed by atoms with E-state index in [1.165, 1.54) is 19.3 Å². The van der Waals surface area contributed by atoms with Crippen molar-refractivity contribution in [3.63, 3.8) is 0 Å². The van der Waals surface area contributed by atoms with Crippen LogP contribution in [-0.2, 0) is 9.63 Å². The minimum absolute atomic E-state index is 0.00617. The van der Waals surface area contributed by atoms with Gasteiger partial charge in [0.25, 0.3) is 5.97 Å². The smallest absolute Gasteiger partial charge is 0.300 e. The Balaban J connectivity index is -0.000000266. The van der Waals surface area contributed by atoms with E-state index in [-0.39, 0.29) is 12.1 Å². The average molecular weight is 310 g/mol. The summed E-state index contributed by atoms with van der Waals surface area (Å²) >= 11 is 3.35. The van der Waals surface area contributed by atoms with Crippen LogP contribution in [0, 0.1) is 4.91 Å². The summed E-state index contributed by atoms with van der Waals surface area (Å²) in [4.78, 5) is 23.1. The number of guanidine groups is 1. The van der Waals surface area contributed by atoms with Crippen LogP contribution < -0.4 is 11.5 Å². The summed E-state index contributed by atoms with van der Waals surface area (Å²) in [5.74, 6) is -0.840. The van der Waals surface area contributed by atoms with Crippen LogP contribution in [0.3, 0.4) is 0 Å². The Kier molecular flexibility index (Phi) is 23.4. The number of thiol groups is 1. The van der Waals surface area contributed by atoms with Crippen LogP contribution in [0.15, 0.2) is 9.74 Å². The third-order valence-corrected chi connectivity index (χ3v) is 2.03. The standard InChI is InChI=1S/C8H17NO2.C2H4O2.CH5N3S/c1-3-4-5-6-7-8(2)11-9-10;1-2(3)4;2-1(3)4-5/h8H,3-7H2,1-2H3;1H3,(H,3,4);5H,(H4,2,3,4). The summed E-state index contributed by atoms with van der Waals surface area (Å²) in [7, 11) is 0. The van der Waals surface area contributed by atoms with Gasteiger partial charge in [-0.15, -0.1) is 4.91 Å².